The molecule has 0 radical (unpaired) electrons. The molecule has 5 heteroatoms. The lowest BCUT2D eigenvalue weighted by Crippen LogP contribution is -2.11. The van der Waals surface area contributed by atoms with Gasteiger partial charge in [0.25, 0.3) is 0 Å². The molecule has 0 bridgehead atoms. The zero-order valence-electron chi connectivity index (χ0n) is 13.3. The first-order valence-electron chi connectivity index (χ1n) is 7.32. The molecule has 0 atom stereocenters. The number of anilines is 1. The first-order valence-corrected chi connectivity index (χ1v) is 8.14. The number of benzene rings is 1. The average molecular weight is 323 g/mol. The molecule has 3 rings (SSSR count). The quantitative estimate of drug-likeness (QED) is 0.732. The van der Waals surface area contributed by atoms with E-state index in [0.717, 1.165) is 37.9 Å². The summed E-state index contributed by atoms with van der Waals surface area (Å²) in [4.78, 5) is 21.0. The van der Waals surface area contributed by atoms with E-state index < -0.39 is 0 Å². The minimum absolute atomic E-state index is 0.180. The van der Waals surface area contributed by atoms with E-state index in [9.17, 15) is 4.79 Å². The van der Waals surface area contributed by atoms with E-state index >= 15 is 0 Å². The number of carbonyl (C=O) groups is 1. The van der Waals surface area contributed by atoms with Gasteiger partial charge in [-0.3, -0.25) is 9.78 Å². The monoisotopic (exact) mass is 323 g/mol. The number of hydrogen-bond acceptors (Lipinski definition) is 4. The highest BCUT2D eigenvalue weighted by Gasteiger charge is 2.07. The number of aromatic nitrogens is 2. The Kier molecular flexibility index (Phi) is 4.21. The van der Waals surface area contributed by atoms with E-state index in [1.807, 2.05) is 51.1 Å². The molecule has 0 aliphatic heterocycles. The first kappa shape index (κ1) is 15.4. The number of nitrogens with one attached hydrogen (secondary N) is 1. The van der Waals surface area contributed by atoms with Crippen LogP contribution in [0.4, 0.5) is 5.69 Å². The number of thiazole rings is 1. The standard InChI is InChI=1S/C18H17N3OS/c1-11-10-12(2)19-13(3)18(11)21-16(22)8-9-17-20-14-6-4-5-7-15(14)23-17/h4-10H,1-3H3,(H,21,22)/b9-8+. The van der Waals surface area contributed by atoms with Gasteiger partial charge in [-0.25, -0.2) is 4.98 Å². The van der Waals surface area contributed by atoms with Crippen LogP contribution >= 0.6 is 11.3 Å². The third kappa shape index (κ3) is 3.46. The molecule has 2 heterocycles. The van der Waals surface area contributed by atoms with Crippen molar-refractivity contribution < 1.29 is 4.79 Å². The summed E-state index contributed by atoms with van der Waals surface area (Å²) in [6.45, 7) is 5.81. The molecular formula is C18H17N3OS. The van der Waals surface area contributed by atoms with Crippen LogP contribution in [0.2, 0.25) is 0 Å². The summed E-state index contributed by atoms with van der Waals surface area (Å²) in [5.74, 6) is -0.180. The molecule has 0 spiro atoms. The lowest BCUT2D eigenvalue weighted by molar-refractivity contribution is -0.111. The number of rotatable bonds is 3. The summed E-state index contributed by atoms with van der Waals surface area (Å²) in [7, 11) is 0. The molecule has 0 fully saturated rings. The second-order valence-corrected chi connectivity index (χ2v) is 6.45. The smallest absolute Gasteiger partial charge is 0.248 e. The van der Waals surface area contributed by atoms with E-state index in [1.54, 1.807) is 17.4 Å². The van der Waals surface area contributed by atoms with Gasteiger partial charge >= 0.3 is 0 Å². The van der Waals surface area contributed by atoms with Crippen molar-refractivity contribution in [1.29, 1.82) is 0 Å². The molecule has 0 aliphatic carbocycles. The van der Waals surface area contributed by atoms with Gasteiger partial charge < -0.3 is 5.32 Å². The largest absolute Gasteiger partial charge is 0.321 e. The number of pyridine rings is 1. The van der Waals surface area contributed by atoms with Gasteiger partial charge in [0.15, 0.2) is 0 Å². The number of aryl methyl sites for hydroxylation is 3. The summed E-state index contributed by atoms with van der Waals surface area (Å²) in [6.07, 6.45) is 3.25. The zero-order valence-corrected chi connectivity index (χ0v) is 14.1. The molecule has 1 aromatic carbocycles. The third-order valence-electron chi connectivity index (χ3n) is 3.46. The fourth-order valence-corrected chi connectivity index (χ4v) is 3.36. The Hall–Kier alpha value is -2.53. The van der Waals surface area contributed by atoms with Crippen molar-refractivity contribution in [1.82, 2.24) is 9.97 Å². The molecular weight excluding hydrogens is 306 g/mol. The first-order chi connectivity index (χ1) is 11.0. The van der Waals surface area contributed by atoms with E-state index in [1.165, 1.54) is 6.08 Å². The van der Waals surface area contributed by atoms with Gasteiger partial charge in [0.1, 0.15) is 5.01 Å². The van der Waals surface area contributed by atoms with Gasteiger partial charge in [-0.1, -0.05) is 12.1 Å². The number of hydrogen-bond donors (Lipinski definition) is 1. The van der Waals surface area contributed by atoms with Gasteiger partial charge in [-0.05, 0) is 50.6 Å². The molecule has 1 amide bonds. The highest BCUT2D eigenvalue weighted by atomic mass is 32.1. The number of fused-ring (bicyclic) bond motifs is 1. The van der Waals surface area contributed by atoms with Crippen LogP contribution < -0.4 is 5.32 Å². The number of carbonyl (C=O) groups excluding carboxylic acids is 1. The maximum absolute atomic E-state index is 12.1. The Labute approximate surface area is 138 Å². The Bertz CT molecular complexity index is 856. The van der Waals surface area contributed by atoms with Crippen LogP contribution in [0.3, 0.4) is 0 Å². The van der Waals surface area contributed by atoms with Gasteiger partial charge in [-0.15, -0.1) is 11.3 Å². The predicted molar refractivity (Wildman–Crippen MR) is 95.7 cm³/mol. The lowest BCUT2D eigenvalue weighted by atomic mass is 10.1. The molecule has 23 heavy (non-hydrogen) atoms. The topological polar surface area (TPSA) is 54.9 Å². The molecule has 0 saturated carbocycles. The second-order valence-electron chi connectivity index (χ2n) is 5.38. The number of para-hydroxylation sites is 1. The predicted octanol–water partition coefficient (Wildman–Crippen LogP) is 4.27. The Balaban J connectivity index is 1.76. The number of nitrogens with zero attached hydrogens (tertiary/aromatic N) is 2. The van der Waals surface area contributed by atoms with Gasteiger partial charge in [0, 0.05) is 11.8 Å². The highest BCUT2D eigenvalue weighted by Crippen LogP contribution is 2.23. The van der Waals surface area contributed by atoms with Crippen LogP contribution in [0.5, 0.6) is 0 Å². The van der Waals surface area contributed by atoms with Gasteiger partial charge in [0.2, 0.25) is 5.91 Å². The van der Waals surface area contributed by atoms with E-state index in [0.29, 0.717) is 0 Å². The van der Waals surface area contributed by atoms with Crippen LogP contribution in [-0.4, -0.2) is 15.9 Å². The summed E-state index contributed by atoms with van der Waals surface area (Å²) < 4.78 is 1.11. The zero-order chi connectivity index (χ0) is 16.4. The molecule has 4 nitrogen and oxygen atoms in total. The molecule has 0 unspecified atom stereocenters. The van der Waals surface area contributed by atoms with Crippen LogP contribution in [0.15, 0.2) is 36.4 Å². The minimum atomic E-state index is -0.180. The molecule has 116 valence electrons. The summed E-state index contributed by atoms with van der Waals surface area (Å²) in [5, 5.41) is 3.71. The summed E-state index contributed by atoms with van der Waals surface area (Å²) in [6, 6.07) is 9.89. The van der Waals surface area contributed by atoms with Crippen LogP contribution in [0.1, 0.15) is 22.0 Å². The van der Waals surface area contributed by atoms with Crippen molar-refractivity contribution in [2.75, 3.05) is 5.32 Å². The summed E-state index contributed by atoms with van der Waals surface area (Å²) >= 11 is 1.56. The van der Waals surface area contributed by atoms with E-state index in [-0.39, 0.29) is 5.91 Å². The van der Waals surface area contributed by atoms with Gasteiger partial charge in [-0.2, -0.15) is 0 Å². The molecule has 1 N–H and O–H groups in total. The molecule has 0 aliphatic rings. The van der Waals surface area contributed by atoms with Gasteiger partial charge in [0.05, 0.1) is 21.6 Å². The van der Waals surface area contributed by atoms with E-state index in [4.69, 9.17) is 0 Å². The fraction of sp³-hybridized carbons (Fsp3) is 0.167. The van der Waals surface area contributed by atoms with Crippen LogP contribution in [0.25, 0.3) is 16.3 Å². The maximum Gasteiger partial charge on any atom is 0.248 e. The van der Waals surface area contributed by atoms with Crippen molar-refractivity contribution in [3.05, 3.63) is 58.4 Å². The average Bonchev–Trinajstić information content (AvgIpc) is 2.91. The normalized spacial score (nSPS) is 11.3. The summed E-state index contributed by atoms with van der Waals surface area (Å²) in [5.41, 5.74) is 4.51. The molecule has 3 aromatic rings. The van der Waals surface area contributed by atoms with Crippen molar-refractivity contribution in [2.45, 2.75) is 20.8 Å². The Morgan fingerprint density at radius 2 is 1.96 bits per heavy atom. The maximum atomic E-state index is 12.1. The van der Waals surface area contributed by atoms with Crippen molar-refractivity contribution >= 4 is 39.2 Å². The Morgan fingerprint density at radius 1 is 1.17 bits per heavy atom. The number of amides is 1. The van der Waals surface area contributed by atoms with E-state index in [2.05, 4.69) is 15.3 Å². The van der Waals surface area contributed by atoms with Crippen LogP contribution in [0, 0.1) is 20.8 Å². The lowest BCUT2D eigenvalue weighted by Gasteiger charge is -2.10. The third-order valence-corrected chi connectivity index (χ3v) is 4.46. The Morgan fingerprint density at radius 3 is 2.70 bits per heavy atom. The van der Waals surface area contributed by atoms with Crippen molar-refractivity contribution in [3.8, 4) is 0 Å². The van der Waals surface area contributed by atoms with Crippen molar-refractivity contribution in [3.63, 3.8) is 0 Å². The SMILES string of the molecule is Cc1cc(C)c(NC(=O)/C=C/c2nc3ccccc3s2)c(C)n1. The fourth-order valence-electron chi connectivity index (χ4n) is 2.49. The van der Waals surface area contributed by atoms with Crippen molar-refractivity contribution in [2.24, 2.45) is 0 Å². The highest BCUT2D eigenvalue weighted by molar-refractivity contribution is 7.19. The minimum Gasteiger partial charge on any atom is -0.321 e. The van der Waals surface area contributed by atoms with Crippen LogP contribution in [-0.2, 0) is 4.79 Å². The molecule has 0 saturated heterocycles. The second kappa shape index (κ2) is 6.30. The molecule has 2 aromatic heterocycles.